The van der Waals surface area contributed by atoms with Crippen LogP contribution in [0.15, 0.2) is 0 Å². The van der Waals surface area contributed by atoms with E-state index in [0.717, 1.165) is 12.3 Å². The Hall–Kier alpha value is -0.570. The topological polar surface area (TPSA) is 32.3 Å². The standard InChI is InChI=1S/C12H22N2O/c1-8(2)6-11-13-7-12(15)14(11)9(3)10-4-5-10/h8-11,13H,4-7H2,1-3H3. The van der Waals surface area contributed by atoms with Gasteiger partial charge in [-0.2, -0.15) is 0 Å². The molecule has 0 aromatic rings. The Balaban J connectivity index is 2.00. The summed E-state index contributed by atoms with van der Waals surface area (Å²) >= 11 is 0. The minimum atomic E-state index is 0.285. The normalized spacial score (nSPS) is 28.9. The predicted molar refractivity (Wildman–Crippen MR) is 60.3 cm³/mol. The molecule has 2 atom stereocenters. The molecule has 3 nitrogen and oxygen atoms in total. The van der Waals surface area contributed by atoms with Gasteiger partial charge in [0.2, 0.25) is 5.91 Å². The summed E-state index contributed by atoms with van der Waals surface area (Å²) in [4.78, 5) is 13.9. The van der Waals surface area contributed by atoms with E-state index in [1.54, 1.807) is 0 Å². The summed E-state index contributed by atoms with van der Waals surface area (Å²) in [5.74, 6) is 1.70. The first-order valence-corrected chi connectivity index (χ1v) is 6.14. The molecule has 1 saturated heterocycles. The molecular weight excluding hydrogens is 188 g/mol. The lowest BCUT2D eigenvalue weighted by atomic mass is 10.1. The van der Waals surface area contributed by atoms with E-state index in [-0.39, 0.29) is 6.17 Å². The number of carbonyl (C=O) groups is 1. The number of nitrogens with zero attached hydrogens (tertiary/aromatic N) is 1. The number of rotatable bonds is 4. The summed E-state index contributed by atoms with van der Waals surface area (Å²) in [6.45, 7) is 7.17. The van der Waals surface area contributed by atoms with Crippen molar-refractivity contribution < 1.29 is 4.79 Å². The smallest absolute Gasteiger partial charge is 0.238 e. The van der Waals surface area contributed by atoms with Gasteiger partial charge in [-0.1, -0.05) is 13.8 Å². The van der Waals surface area contributed by atoms with Crippen LogP contribution in [0.4, 0.5) is 0 Å². The molecule has 1 N–H and O–H groups in total. The van der Waals surface area contributed by atoms with Crippen molar-refractivity contribution in [2.75, 3.05) is 6.54 Å². The highest BCUT2D eigenvalue weighted by atomic mass is 16.2. The van der Waals surface area contributed by atoms with Gasteiger partial charge >= 0.3 is 0 Å². The van der Waals surface area contributed by atoms with Crippen LogP contribution in [0.25, 0.3) is 0 Å². The van der Waals surface area contributed by atoms with Crippen molar-refractivity contribution in [3.8, 4) is 0 Å². The maximum absolute atomic E-state index is 11.8. The molecule has 2 unspecified atom stereocenters. The third-order valence-electron chi connectivity index (χ3n) is 3.55. The minimum absolute atomic E-state index is 0.285. The summed E-state index contributed by atoms with van der Waals surface area (Å²) in [6, 6.07) is 0.441. The third-order valence-corrected chi connectivity index (χ3v) is 3.55. The highest BCUT2D eigenvalue weighted by molar-refractivity contribution is 5.81. The Labute approximate surface area is 92.2 Å². The van der Waals surface area contributed by atoms with Gasteiger partial charge in [0.05, 0.1) is 12.7 Å². The molecule has 1 aliphatic carbocycles. The summed E-state index contributed by atoms with van der Waals surface area (Å²) in [5.41, 5.74) is 0. The van der Waals surface area contributed by atoms with E-state index in [0.29, 0.717) is 24.4 Å². The molecule has 0 radical (unpaired) electrons. The lowest BCUT2D eigenvalue weighted by Crippen LogP contribution is -2.44. The van der Waals surface area contributed by atoms with Crippen LogP contribution in [0, 0.1) is 11.8 Å². The quantitative estimate of drug-likeness (QED) is 0.764. The molecule has 2 fully saturated rings. The fourth-order valence-corrected chi connectivity index (χ4v) is 2.53. The van der Waals surface area contributed by atoms with E-state index in [2.05, 4.69) is 31.0 Å². The Morgan fingerprint density at radius 3 is 2.60 bits per heavy atom. The fourth-order valence-electron chi connectivity index (χ4n) is 2.53. The molecular formula is C12H22N2O. The van der Waals surface area contributed by atoms with E-state index >= 15 is 0 Å². The van der Waals surface area contributed by atoms with Crippen molar-refractivity contribution in [1.29, 1.82) is 0 Å². The van der Waals surface area contributed by atoms with Crippen LogP contribution in [-0.4, -0.2) is 29.6 Å². The predicted octanol–water partition coefficient (Wildman–Crippen LogP) is 1.59. The second-order valence-electron chi connectivity index (χ2n) is 5.41. The summed E-state index contributed by atoms with van der Waals surface area (Å²) in [7, 11) is 0. The molecule has 15 heavy (non-hydrogen) atoms. The zero-order chi connectivity index (χ0) is 11.0. The highest BCUT2D eigenvalue weighted by Gasteiger charge is 2.40. The van der Waals surface area contributed by atoms with Crippen LogP contribution in [0.2, 0.25) is 0 Å². The van der Waals surface area contributed by atoms with Gasteiger partial charge in [0.1, 0.15) is 0 Å². The Morgan fingerprint density at radius 1 is 1.40 bits per heavy atom. The number of hydrogen-bond acceptors (Lipinski definition) is 2. The van der Waals surface area contributed by atoms with Gasteiger partial charge in [0.15, 0.2) is 0 Å². The first-order valence-electron chi connectivity index (χ1n) is 6.14. The van der Waals surface area contributed by atoms with Crippen LogP contribution >= 0.6 is 0 Å². The first-order chi connectivity index (χ1) is 7.09. The van der Waals surface area contributed by atoms with Gasteiger partial charge in [-0.15, -0.1) is 0 Å². The van der Waals surface area contributed by atoms with Crippen LogP contribution in [-0.2, 0) is 4.79 Å². The van der Waals surface area contributed by atoms with Gasteiger partial charge in [-0.3, -0.25) is 10.1 Å². The Kier molecular flexibility index (Phi) is 3.01. The lowest BCUT2D eigenvalue weighted by molar-refractivity contribution is -0.130. The fraction of sp³-hybridized carbons (Fsp3) is 0.917. The number of amides is 1. The maximum Gasteiger partial charge on any atom is 0.238 e. The van der Waals surface area contributed by atoms with Gasteiger partial charge in [-0.25, -0.2) is 0 Å². The number of nitrogens with one attached hydrogen (secondary N) is 1. The van der Waals surface area contributed by atoms with E-state index in [1.807, 2.05) is 0 Å². The second kappa shape index (κ2) is 4.12. The molecule has 2 aliphatic rings. The monoisotopic (exact) mass is 210 g/mol. The van der Waals surface area contributed by atoms with E-state index < -0.39 is 0 Å². The van der Waals surface area contributed by atoms with Gasteiger partial charge < -0.3 is 4.90 Å². The largest absolute Gasteiger partial charge is 0.323 e. The number of hydrogen-bond donors (Lipinski definition) is 1. The van der Waals surface area contributed by atoms with Crippen molar-refractivity contribution in [2.45, 2.75) is 52.2 Å². The van der Waals surface area contributed by atoms with Crippen LogP contribution in [0.5, 0.6) is 0 Å². The molecule has 0 aromatic heterocycles. The molecule has 0 bridgehead atoms. The lowest BCUT2D eigenvalue weighted by Gasteiger charge is -2.31. The molecule has 1 amide bonds. The molecule has 2 rings (SSSR count). The first kappa shape index (κ1) is 10.9. The average molecular weight is 210 g/mol. The average Bonchev–Trinajstić information content (AvgIpc) is 2.92. The SMILES string of the molecule is CC(C)CC1NCC(=O)N1C(C)C1CC1. The highest BCUT2D eigenvalue weighted by Crippen LogP contribution is 2.36. The van der Waals surface area contributed by atoms with Gasteiger partial charge in [0, 0.05) is 6.04 Å². The summed E-state index contributed by atoms with van der Waals surface area (Å²) < 4.78 is 0. The molecule has 0 aromatic carbocycles. The van der Waals surface area contributed by atoms with Crippen molar-refractivity contribution in [2.24, 2.45) is 11.8 Å². The zero-order valence-corrected chi connectivity index (χ0v) is 9.99. The van der Waals surface area contributed by atoms with E-state index in [4.69, 9.17) is 0 Å². The van der Waals surface area contributed by atoms with E-state index in [9.17, 15) is 4.79 Å². The second-order valence-corrected chi connectivity index (χ2v) is 5.41. The summed E-state index contributed by atoms with van der Waals surface area (Å²) in [6.07, 6.45) is 3.97. The van der Waals surface area contributed by atoms with Crippen molar-refractivity contribution in [1.82, 2.24) is 10.2 Å². The van der Waals surface area contributed by atoms with Crippen LogP contribution in [0.1, 0.15) is 40.0 Å². The Morgan fingerprint density at radius 2 is 2.07 bits per heavy atom. The molecule has 1 heterocycles. The zero-order valence-electron chi connectivity index (χ0n) is 9.99. The van der Waals surface area contributed by atoms with Crippen LogP contribution < -0.4 is 5.32 Å². The maximum atomic E-state index is 11.8. The summed E-state index contributed by atoms with van der Waals surface area (Å²) in [5, 5.41) is 3.33. The molecule has 3 heteroatoms. The third kappa shape index (κ3) is 2.33. The molecule has 1 aliphatic heterocycles. The van der Waals surface area contributed by atoms with Crippen molar-refractivity contribution >= 4 is 5.91 Å². The van der Waals surface area contributed by atoms with Gasteiger partial charge in [0.25, 0.3) is 0 Å². The minimum Gasteiger partial charge on any atom is -0.323 e. The number of carbonyl (C=O) groups excluding carboxylic acids is 1. The molecule has 1 saturated carbocycles. The van der Waals surface area contributed by atoms with Gasteiger partial charge in [-0.05, 0) is 38.0 Å². The van der Waals surface area contributed by atoms with Crippen molar-refractivity contribution in [3.05, 3.63) is 0 Å². The van der Waals surface area contributed by atoms with Crippen LogP contribution in [0.3, 0.4) is 0 Å². The van der Waals surface area contributed by atoms with E-state index in [1.165, 1.54) is 12.8 Å². The molecule has 86 valence electrons. The molecule has 0 spiro atoms. The van der Waals surface area contributed by atoms with Crippen molar-refractivity contribution in [3.63, 3.8) is 0 Å². The Bertz CT molecular complexity index is 248.